The quantitative estimate of drug-likeness (QED) is 0.824. The van der Waals surface area contributed by atoms with Crippen LogP contribution in [0.5, 0.6) is 11.5 Å². The normalized spacial score (nSPS) is 12.7. The van der Waals surface area contributed by atoms with E-state index >= 15 is 0 Å². The van der Waals surface area contributed by atoms with Crippen LogP contribution >= 0.6 is 0 Å². The van der Waals surface area contributed by atoms with E-state index in [0.29, 0.717) is 6.79 Å². The Morgan fingerprint density at radius 3 is 2.50 bits per heavy atom. The Morgan fingerprint density at radius 2 is 1.67 bits per heavy atom. The van der Waals surface area contributed by atoms with E-state index in [1.807, 2.05) is 24.3 Å². The molecule has 1 heterocycles. The fraction of sp³-hybridized carbons (Fsp3) is 0.200. The minimum Gasteiger partial charge on any atom is -0.454 e. The highest BCUT2D eigenvalue weighted by atomic mass is 19.1. The van der Waals surface area contributed by atoms with Crippen molar-refractivity contribution in [3.05, 3.63) is 59.4 Å². The van der Waals surface area contributed by atoms with Gasteiger partial charge in [0, 0.05) is 0 Å². The van der Waals surface area contributed by atoms with E-state index < -0.39 is 0 Å². The largest absolute Gasteiger partial charge is 0.454 e. The Bertz CT molecular complexity index is 566. The van der Waals surface area contributed by atoms with Gasteiger partial charge < -0.3 is 9.47 Å². The van der Waals surface area contributed by atoms with E-state index in [1.165, 1.54) is 11.6 Å². The predicted octanol–water partition coefficient (Wildman–Crippen LogP) is 3.34. The molecule has 0 aliphatic carbocycles. The van der Waals surface area contributed by atoms with E-state index in [-0.39, 0.29) is 5.82 Å². The summed E-state index contributed by atoms with van der Waals surface area (Å²) in [7, 11) is 0. The Morgan fingerprint density at radius 1 is 0.889 bits per heavy atom. The van der Waals surface area contributed by atoms with Crippen LogP contribution in [0.3, 0.4) is 0 Å². The first-order chi connectivity index (χ1) is 8.81. The first kappa shape index (κ1) is 11.1. The van der Waals surface area contributed by atoms with Crippen molar-refractivity contribution in [1.29, 1.82) is 0 Å². The number of hydrogen-bond donors (Lipinski definition) is 0. The second-order valence-electron chi connectivity index (χ2n) is 4.32. The summed E-state index contributed by atoms with van der Waals surface area (Å²) >= 11 is 0. The van der Waals surface area contributed by atoms with Gasteiger partial charge >= 0.3 is 0 Å². The maximum Gasteiger partial charge on any atom is 0.231 e. The van der Waals surface area contributed by atoms with Crippen LogP contribution in [0.1, 0.15) is 11.1 Å². The van der Waals surface area contributed by atoms with Crippen LogP contribution in [0.2, 0.25) is 0 Å². The predicted molar refractivity (Wildman–Crippen MR) is 66.4 cm³/mol. The average molecular weight is 244 g/mol. The lowest BCUT2D eigenvalue weighted by Gasteiger charge is -2.04. The lowest BCUT2D eigenvalue weighted by atomic mass is 10.0. The first-order valence-electron chi connectivity index (χ1n) is 5.94. The molecule has 92 valence electrons. The van der Waals surface area contributed by atoms with Gasteiger partial charge in [-0.15, -0.1) is 0 Å². The van der Waals surface area contributed by atoms with Gasteiger partial charge in [-0.2, -0.15) is 0 Å². The van der Waals surface area contributed by atoms with Crippen molar-refractivity contribution in [2.24, 2.45) is 0 Å². The maximum atomic E-state index is 13.0. The summed E-state index contributed by atoms with van der Waals surface area (Å²) in [4.78, 5) is 0. The average Bonchev–Trinajstić information content (AvgIpc) is 2.84. The minimum absolute atomic E-state index is 0.182. The van der Waals surface area contributed by atoms with Gasteiger partial charge in [0.1, 0.15) is 5.82 Å². The van der Waals surface area contributed by atoms with Gasteiger partial charge in [0.25, 0.3) is 0 Å². The summed E-state index contributed by atoms with van der Waals surface area (Å²) in [6, 6.07) is 12.6. The standard InChI is InChI=1S/C15H13FO2/c16-13-3-1-2-11(8-13)4-5-12-6-7-14-15(9-12)18-10-17-14/h1-3,6-9H,4-5,10H2. The fourth-order valence-corrected chi connectivity index (χ4v) is 2.08. The van der Waals surface area contributed by atoms with Crippen molar-refractivity contribution >= 4 is 0 Å². The molecule has 1 aliphatic rings. The Labute approximate surface area is 105 Å². The van der Waals surface area contributed by atoms with Gasteiger partial charge in [0.15, 0.2) is 11.5 Å². The van der Waals surface area contributed by atoms with Crippen LogP contribution in [0, 0.1) is 5.82 Å². The summed E-state index contributed by atoms with van der Waals surface area (Å²) in [5.74, 6) is 1.41. The minimum atomic E-state index is -0.182. The van der Waals surface area contributed by atoms with E-state index in [4.69, 9.17) is 9.47 Å². The third-order valence-electron chi connectivity index (χ3n) is 3.03. The molecule has 3 heteroatoms. The number of hydrogen-bond acceptors (Lipinski definition) is 2. The second kappa shape index (κ2) is 4.69. The molecule has 0 unspecified atom stereocenters. The van der Waals surface area contributed by atoms with Crippen molar-refractivity contribution in [2.45, 2.75) is 12.8 Å². The number of benzene rings is 2. The van der Waals surface area contributed by atoms with Crippen molar-refractivity contribution in [2.75, 3.05) is 6.79 Å². The number of halogens is 1. The molecule has 2 aromatic carbocycles. The van der Waals surface area contributed by atoms with Gasteiger partial charge in [0.05, 0.1) is 0 Å². The highest BCUT2D eigenvalue weighted by molar-refractivity contribution is 5.44. The van der Waals surface area contributed by atoms with Gasteiger partial charge in [0.2, 0.25) is 6.79 Å². The summed E-state index contributed by atoms with van der Waals surface area (Å²) in [5, 5.41) is 0. The van der Waals surface area contributed by atoms with Crippen LogP contribution in [0.4, 0.5) is 4.39 Å². The third kappa shape index (κ3) is 2.30. The molecule has 3 rings (SSSR count). The summed E-state index contributed by atoms with van der Waals surface area (Å²) in [6.45, 7) is 0.294. The highest BCUT2D eigenvalue weighted by Crippen LogP contribution is 2.32. The number of ether oxygens (including phenoxy) is 2. The number of rotatable bonds is 3. The van der Waals surface area contributed by atoms with Crippen molar-refractivity contribution in [3.8, 4) is 11.5 Å². The van der Waals surface area contributed by atoms with E-state index in [0.717, 1.165) is 29.9 Å². The molecule has 0 saturated heterocycles. The SMILES string of the molecule is Fc1cccc(CCc2ccc3c(c2)OCO3)c1. The monoisotopic (exact) mass is 244 g/mol. The molecule has 1 aliphatic heterocycles. The molecule has 0 bridgehead atoms. The maximum absolute atomic E-state index is 13.0. The Hall–Kier alpha value is -2.03. The molecule has 2 aromatic rings. The molecule has 0 amide bonds. The molecule has 0 aromatic heterocycles. The molecule has 0 N–H and O–H groups in total. The summed E-state index contributed by atoms with van der Waals surface area (Å²) in [6.07, 6.45) is 1.68. The summed E-state index contributed by atoms with van der Waals surface area (Å²) in [5.41, 5.74) is 2.18. The third-order valence-corrected chi connectivity index (χ3v) is 3.03. The molecule has 0 fully saturated rings. The lowest BCUT2D eigenvalue weighted by molar-refractivity contribution is 0.174. The van der Waals surface area contributed by atoms with Gasteiger partial charge in [-0.1, -0.05) is 18.2 Å². The highest BCUT2D eigenvalue weighted by Gasteiger charge is 2.12. The van der Waals surface area contributed by atoms with Crippen LogP contribution in [0.15, 0.2) is 42.5 Å². The molecule has 18 heavy (non-hydrogen) atoms. The van der Waals surface area contributed by atoms with Gasteiger partial charge in [-0.25, -0.2) is 4.39 Å². The van der Waals surface area contributed by atoms with Gasteiger partial charge in [-0.3, -0.25) is 0 Å². The van der Waals surface area contributed by atoms with Crippen LogP contribution in [-0.4, -0.2) is 6.79 Å². The summed E-state index contributed by atoms with van der Waals surface area (Å²) < 4.78 is 23.6. The van der Waals surface area contributed by atoms with Crippen LogP contribution in [-0.2, 0) is 12.8 Å². The smallest absolute Gasteiger partial charge is 0.231 e. The molecular weight excluding hydrogens is 231 g/mol. The van der Waals surface area contributed by atoms with Crippen LogP contribution < -0.4 is 9.47 Å². The zero-order valence-corrected chi connectivity index (χ0v) is 9.86. The first-order valence-corrected chi connectivity index (χ1v) is 5.94. The zero-order chi connectivity index (χ0) is 12.4. The molecule has 2 nitrogen and oxygen atoms in total. The fourth-order valence-electron chi connectivity index (χ4n) is 2.08. The Kier molecular flexibility index (Phi) is 2.89. The lowest BCUT2D eigenvalue weighted by Crippen LogP contribution is -1.93. The van der Waals surface area contributed by atoms with E-state index in [2.05, 4.69) is 0 Å². The molecule has 0 spiro atoms. The zero-order valence-electron chi connectivity index (χ0n) is 9.86. The molecular formula is C15H13FO2. The molecule has 0 saturated carbocycles. The van der Waals surface area contributed by atoms with E-state index in [1.54, 1.807) is 12.1 Å². The van der Waals surface area contributed by atoms with Crippen molar-refractivity contribution < 1.29 is 13.9 Å². The van der Waals surface area contributed by atoms with Crippen molar-refractivity contribution in [3.63, 3.8) is 0 Å². The topological polar surface area (TPSA) is 18.5 Å². The Balaban J connectivity index is 1.70. The number of aryl methyl sites for hydroxylation is 2. The van der Waals surface area contributed by atoms with Crippen LogP contribution in [0.25, 0.3) is 0 Å². The van der Waals surface area contributed by atoms with Gasteiger partial charge in [-0.05, 0) is 48.2 Å². The second-order valence-corrected chi connectivity index (χ2v) is 4.32. The van der Waals surface area contributed by atoms with Crippen molar-refractivity contribution in [1.82, 2.24) is 0 Å². The number of fused-ring (bicyclic) bond motifs is 1. The molecule has 0 atom stereocenters. The molecule has 0 radical (unpaired) electrons. The van der Waals surface area contributed by atoms with E-state index in [9.17, 15) is 4.39 Å².